The predicted octanol–water partition coefficient (Wildman–Crippen LogP) is 2.77. The summed E-state index contributed by atoms with van der Waals surface area (Å²) in [5.41, 5.74) is 0.909. The van der Waals surface area contributed by atoms with Crippen LogP contribution in [0, 0.1) is 0 Å². The number of amides is 1. The molecule has 3 rings (SSSR count). The molecule has 0 saturated carbocycles. The van der Waals surface area contributed by atoms with Gasteiger partial charge in [-0.15, -0.1) is 0 Å². The third-order valence-corrected chi connectivity index (χ3v) is 5.02. The van der Waals surface area contributed by atoms with Crippen LogP contribution in [0.1, 0.15) is 37.7 Å². The van der Waals surface area contributed by atoms with Crippen LogP contribution in [0.15, 0.2) is 18.2 Å². The van der Waals surface area contributed by atoms with Gasteiger partial charge >= 0.3 is 0 Å². The summed E-state index contributed by atoms with van der Waals surface area (Å²) >= 11 is 0. The SMILES string of the molecule is COc1ccc(OC)c(CN2CC[C@@]3(CCCO3)CCC2=O)c1. The van der Waals surface area contributed by atoms with E-state index in [9.17, 15) is 4.79 Å². The fourth-order valence-electron chi connectivity index (χ4n) is 3.61. The van der Waals surface area contributed by atoms with Crippen LogP contribution in [0.25, 0.3) is 0 Å². The third-order valence-electron chi connectivity index (χ3n) is 5.02. The Morgan fingerprint density at radius 2 is 2.09 bits per heavy atom. The lowest BCUT2D eigenvalue weighted by Gasteiger charge is -2.27. The number of hydrogen-bond acceptors (Lipinski definition) is 4. The number of ether oxygens (including phenoxy) is 3. The minimum atomic E-state index is -0.0666. The lowest BCUT2D eigenvalue weighted by Crippen LogP contribution is -2.32. The first-order valence-corrected chi connectivity index (χ1v) is 8.28. The summed E-state index contributed by atoms with van der Waals surface area (Å²) in [6.07, 6.45) is 4.52. The van der Waals surface area contributed by atoms with Gasteiger partial charge in [0.05, 0.1) is 19.8 Å². The second-order valence-electron chi connectivity index (χ2n) is 6.38. The summed E-state index contributed by atoms with van der Waals surface area (Å²) < 4.78 is 16.7. The topological polar surface area (TPSA) is 48.0 Å². The molecule has 0 aromatic heterocycles. The van der Waals surface area contributed by atoms with Gasteiger partial charge in [-0.05, 0) is 43.9 Å². The average molecular weight is 319 g/mol. The van der Waals surface area contributed by atoms with Crippen LogP contribution in [0.3, 0.4) is 0 Å². The highest BCUT2D eigenvalue weighted by atomic mass is 16.5. The van der Waals surface area contributed by atoms with Gasteiger partial charge in [-0.25, -0.2) is 0 Å². The van der Waals surface area contributed by atoms with Crippen LogP contribution in [0.5, 0.6) is 11.5 Å². The number of hydrogen-bond donors (Lipinski definition) is 0. The molecule has 0 aliphatic carbocycles. The maximum atomic E-state index is 12.5. The molecule has 5 nitrogen and oxygen atoms in total. The van der Waals surface area contributed by atoms with Crippen molar-refractivity contribution in [3.05, 3.63) is 23.8 Å². The van der Waals surface area contributed by atoms with Crippen LogP contribution < -0.4 is 9.47 Å². The molecule has 2 aliphatic rings. The quantitative estimate of drug-likeness (QED) is 0.856. The van der Waals surface area contributed by atoms with E-state index in [-0.39, 0.29) is 11.5 Å². The van der Waals surface area contributed by atoms with Crippen molar-refractivity contribution in [3.8, 4) is 11.5 Å². The average Bonchev–Trinajstić information content (AvgIpc) is 2.99. The number of methoxy groups -OCH3 is 2. The monoisotopic (exact) mass is 319 g/mol. The Hall–Kier alpha value is -1.75. The van der Waals surface area contributed by atoms with Crippen molar-refractivity contribution < 1.29 is 19.0 Å². The fourth-order valence-corrected chi connectivity index (χ4v) is 3.61. The highest BCUT2D eigenvalue weighted by molar-refractivity contribution is 5.76. The van der Waals surface area contributed by atoms with Crippen LogP contribution in [0.4, 0.5) is 0 Å². The van der Waals surface area contributed by atoms with Crippen LogP contribution in [-0.2, 0) is 16.1 Å². The molecule has 1 aromatic carbocycles. The maximum Gasteiger partial charge on any atom is 0.222 e. The van der Waals surface area contributed by atoms with E-state index in [1.165, 1.54) is 0 Å². The minimum absolute atomic E-state index is 0.0666. The van der Waals surface area contributed by atoms with Crippen molar-refractivity contribution in [2.75, 3.05) is 27.4 Å². The van der Waals surface area contributed by atoms with Gasteiger partial charge in [0.2, 0.25) is 5.91 Å². The predicted molar refractivity (Wildman–Crippen MR) is 86.7 cm³/mol. The van der Waals surface area contributed by atoms with E-state index in [0.29, 0.717) is 13.0 Å². The van der Waals surface area contributed by atoms with Gasteiger partial charge in [0.25, 0.3) is 0 Å². The van der Waals surface area contributed by atoms with Gasteiger partial charge in [-0.2, -0.15) is 0 Å². The van der Waals surface area contributed by atoms with Gasteiger partial charge in [-0.3, -0.25) is 4.79 Å². The first kappa shape index (κ1) is 16.1. The number of benzene rings is 1. The van der Waals surface area contributed by atoms with E-state index < -0.39 is 0 Å². The number of carbonyl (C=O) groups is 1. The van der Waals surface area contributed by atoms with E-state index >= 15 is 0 Å². The Balaban J connectivity index is 1.75. The molecule has 2 saturated heterocycles. The Labute approximate surface area is 137 Å². The summed E-state index contributed by atoms with van der Waals surface area (Å²) in [6.45, 7) is 2.12. The molecule has 0 radical (unpaired) electrons. The summed E-state index contributed by atoms with van der Waals surface area (Å²) in [5.74, 6) is 1.76. The molecule has 2 heterocycles. The lowest BCUT2D eigenvalue weighted by molar-refractivity contribution is -0.131. The van der Waals surface area contributed by atoms with Crippen LogP contribution in [-0.4, -0.2) is 43.8 Å². The molecule has 2 fully saturated rings. The first-order chi connectivity index (χ1) is 11.2. The Morgan fingerprint density at radius 3 is 2.78 bits per heavy atom. The van der Waals surface area contributed by atoms with E-state index in [1.54, 1.807) is 14.2 Å². The molecule has 5 heteroatoms. The third kappa shape index (κ3) is 3.44. The van der Waals surface area contributed by atoms with Gasteiger partial charge < -0.3 is 19.1 Å². The van der Waals surface area contributed by atoms with E-state index in [1.807, 2.05) is 23.1 Å². The highest BCUT2D eigenvalue weighted by Gasteiger charge is 2.38. The minimum Gasteiger partial charge on any atom is -0.497 e. The molecule has 2 aliphatic heterocycles. The van der Waals surface area contributed by atoms with E-state index in [4.69, 9.17) is 14.2 Å². The molecular formula is C18H25NO4. The normalized spacial score (nSPS) is 24.8. The van der Waals surface area contributed by atoms with Crippen molar-refractivity contribution >= 4 is 5.91 Å². The highest BCUT2D eigenvalue weighted by Crippen LogP contribution is 2.36. The van der Waals surface area contributed by atoms with Gasteiger partial charge in [-0.1, -0.05) is 0 Å². The molecular weight excluding hydrogens is 294 g/mol. The zero-order valence-corrected chi connectivity index (χ0v) is 14.0. The van der Waals surface area contributed by atoms with Crippen molar-refractivity contribution in [1.82, 2.24) is 4.90 Å². The first-order valence-electron chi connectivity index (χ1n) is 8.28. The smallest absolute Gasteiger partial charge is 0.222 e. The zero-order valence-electron chi connectivity index (χ0n) is 14.0. The molecule has 0 unspecified atom stereocenters. The maximum absolute atomic E-state index is 12.5. The van der Waals surface area contributed by atoms with Crippen molar-refractivity contribution in [2.24, 2.45) is 0 Å². The van der Waals surface area contributed by atoms with Gasteiger partial charge in [0, 0.05) is 31.7 Å². The summed E-state index contributed by atoms with van der Waals surface area (Å²) in [6, 6.07) is 5.70. The molecule has 1 atom stereocenters. The van der Waals surface area contributed by atoms with Crippen molar-refractivity contribution in [1.29, 1.82) is 0 Å². The summed E-state index contributed by atoms with van der Waals surface area (Å²) in [4.78, 5) is 14.4. The number of nitrogens with zero attached hydrogens (tertiary/aromatic N) is 1. The Kier molecular flexibility index (Phi) is 4.76. The van der Waals surface area contributed by atoms with Gasteiger partial charge in [0.1, 0.15) is 11.5 Å². The van der Waals surface area contributed by atoms with Crippen molar-refractivity contribution in [2.45, 2.75) is 44.2 Å². The Morgan fingerprint density at radius 1 is 1.22 bits per heavy atom. The molecule has 0 bridgehead atoms. The second kappa shape index (κ2) is 6.79. The fraction of sp³-hybridized carbons (Fsp3) is 0.611. The molecule has 126 valence electrons. The standard InChI is InChI=1S/C18H25NO4/c1-21-15-4-5-16(22-2)14(12-15)13-19-10-9-18(7-3-11-23-18)8-6-17(19)20/h4-5,12H,3,6-11,13H2,1-2H3/t18-/m1/s1. The molecule has 1 aromatic rings. The van der Waals surface area contributed by atoms with E-state index in [2.05, 4.69) is 0 Å². The summed E-state index contributed by atoms with van der Waals surface area (Å²) in [5, 5.41) is 0. The van der Waals surface area contributed by atoms with Crippen molar-refractivity contribution in [3.63, 3.8) is 0 Å². The Bertz CT molecular complexity index is 566. The van der Waals surface area contributed by atoms with Gasteiger partial charge in [0.15, 0.2) is 0 Å². The molecule has 1 amide bonds. The molecule has 23 heavy (non-hydrogen) atoms. The van der Waals surface area contributed by atoms with Crippen LogP contribution in [0.2, 0.25) is 0 Å². The van der Waals surface area contributed by atoms with E-state index in [0.717, 1.165) is 55.9 Å². The molecule has 1 spiro atoms. The zero-order chi connectivity index (χ0) is 16.3. The summed E-state index contributed by atoms with van der Waals surface area (Å²) in [7, 11) is 3.29. The number of likely N-dealkylation sites (tertiary alicyclic amines) is 1. The van der Waals surface area contributed by atoms with Crippen LogP contribution >= 0.6 is 0 Å². The lowest BCUT2D eigenvalue weighted by atomic mass is 9.92. The molecule has 0 N–H and O–H groups in total. The second-order valence-corrected chi connectivity index (χ2v) is 6.38. The largest absolute Gasteiger partial charge is 0.497 e. The number of rotatable bonds is 4. The number of carbonyl (C=O) groups excluding carboxylic acids is 1.